The Hall–Kier alpha value is -2.21. The lowest BCUT2D eigenvalue weighted by Crippen LogP contribution is -2.47. The van der Waals surface area contributed by atoms with Crippen LogP contribution in [0.5, 0.6) is 0 Å². The normalized spacial score (nSPS) is 26.5. The van der Waals surface area contributed by atoms with Gasteiger partial charge in [-0.2, -0.15) is 10.4 Å². The van der Waals surface area contributed by atoms with Crippen LogP contribution >= 0.6 is 0 Å². The van der Waals surface area contributed by atoms with Crippen molar-refractivity contribution in [1.82, 2.24) is 0 Å². The third-order valence-electron chi connectivity index (χ3n) is 2.13. The first-order valence-electron chi connectivity index (χ1n) is 4.43. The quantitative estimate of drug-likeness (QED) is 0.735. The number of amidine groups is 1. The number of hydrogen-bond donors (Lipinski definition) is 1. The number of aliphatic imine (C=N–C) groups is 2. The summed E-state index contributed by atoms with van der Waals surface area (Å²) in [5, 5.41) is 4.22. The topological polar surface area (TPSA) is 62.2 Å². The van der Waals surface area contributed by atoms with Crippen LogP contribution in [0.4, 0.5) is 5.88 Å². The van der Waals surface area contributed by atoms with Crippen LogP contribution in [-0.4, -0.2) is 23.1 Å². The van der Waals surface area contributed by atoms with Gasteiger partial charge in [-0.3, -0.25) is 4.99 Å². The summed E-state index contributed by atoms with van der Waals surface area (Å²) < 4.78 is 5.27. The van der Waals surface area contributed by atoms with Crippen molar-refractivity contribution in [1.29, 1.82) is 0 Å². The molecule has 0 saturated carbocycles. The van der Waals surface area contributed by atoms with E-state index in [0.29, 0.717) is 11.7 Å². The summed E-state index contributed by atoms with van der Waals surface area (Å²) in [6, 6.07) is 3.62. The molecule has 6 nitrogen and oxygen atoms in total. The number of quaternary nitrogens is 1. The molecule has 1 unspecified atom stereocenters. The van der Waals surface area contributed by atoms with Crippen molar-refractivity contribution in [2.24, 2.45) is 15.1 Å². The van der Waals surface area contributed by atoms with E-state index in [2.05, 4.69) is 20.5 Å². The molecule has 0 fully saturated rings. The summed E-state index contributed by atoms with van der Waals surface area (Å²) in [5.74, 6) is 1.33. The van der Waals surface area contributed by atoms with Gasteiger partial charge in [-0.25, -0.2) is 0 Å². The molecule has 1 aromatic rings. The Morgan fingerprint density at radius 3 is 3.27 bits per heavy atom. The molecule has 0 radical (unpaired) electrons. The van der Waals surface area contributed by atoms with Gasteiger partial charge in [0.1, 0.15) is 6.21 Å². The van der Waals surface area contributed by atoms with Gasteiger partial charge in [-0.15, -0.1) is 0 Å². The van der Waals surface area contributed by atoms with Gasteiger partial charge in [0.2, 0.25) is 5.88 Å². The van der Waals surface area contributed by atoms with E-state index in [0.717, 1.165) is 0 Å². The molecule has 6 heteroatoms. The van der Waals surface area contributed by atoms with Crippen LogP contribution < -0.4 is 5.43 Å². The molecule has 0 amide bonds. The molecule has 3 rings (SSSR count). The molecular formula is C9H8N5O+. The molecule has 1 N–H and O–H groups in total. The second kappa shape index (κ2) is 2.89. The Bertz CT molecular complexity index is 485. The predicted octanol–water partition coefficient (Wildman–Crippen LogP) is 1.33. The van der Waals surface area contributed by atoms with E-state index in [1.165, 1.54) is 6.34 Å². The molecule has 0 spiro atoms. The van der Waals surface area contributed by atoms with Gasteiger partial charge < -0.3 is 4.42 Å². The summed E-state index contributed by atoms with van der Waals surface area (Å²) in [5.41, 5.74) is 3.10. The Kier molecular flexibility index (Phi) is 1.57. The van der Waals surface area contributed by atoms with E-state index in [9.17, 15) is 0 Å². The minimum Gasteiger partial charge on any atom is -0.445 e. The fraction of sp³-hybridized carbons (Fsp3) is 0. The van der Waals surface area contributed by atoms with Gasteiger partial charge in [0.05, 0.1) is 12.5 Å². The Morgan fingerprint density at radius 1 is 1.40 bits per heavy atom. The van der Waals surface area contributed by atoms with Crippen LogP contribution in [0.3, 0.4) is 0 Å². The van der Waals surface area contributed by atoms with Gasteiger partial charge in [-0.05, 0) is 15.9 Å². The lowest BCUT2D eigenvalue weighted by Gasteiger charge is -2.23. The first-order chi connectivity index (χ1) is 7.39. The van der Waals surface area contributed by atoms with Crippen molar-refractivity contribution >= 4 is 24.3 Å². The average Bonchev–Trinajstić information content (AvgIpc) is 2.86. The second-order valence-corrected chi connectivity index (χ2v) is 3.07. The van der Waals surface area contributed by atoms with Crippen molar-refractivity contribution in [3.63, 3.8) is 0 Å². The fourth-order valence-electron chi connectivity index (χ4n) is 1.43. The van der Waals surface area contributed by atoms with Crippen LogP contribution in [0, 0.1) is 0 Å². The molecule has 0 saturated heterocycles. The number of nitrogens with one attached hydrogen (secondary N) is 1. The molecule has 15 heavy (non-hydrogen) atoms. The molecule has 74 valence electrons. The number of furan rings is 1. The van der Waals surface area contributed by atoms with Crippen molar-refractivity contribution in [2.75, 3.05) is 5.43 Å². The smallest absolute Gasteiger partial charge is 0.305 e. The van der Waals surface area contributed by atoms with Gasteiger partial charge in [-0.1, -0.05) is 0 Å². The zero-order valence-electron chi connectivity index (χ0n) is 7.74. The van der Waals surface area contributed by atoms with Crippen LogP contribution in [0.25, 0.3) is 0 Å². The van der Waals surface area contributed by atoms with E-state index >= 15 is 0 Å². The summed E-state index contributed by atoms with van der Waals surface area (Å²) in [4.78, 5) is 8.09. The number of nitrogens with zero attached hydrogens (tertiary/aromatic N) is 4. The summed E-state index contributed by atoms with van der Waals surface area (Å²) in [7, 11) is 0. The van der Waals surface area contributed by atoms with Crippen molar-refractivity contribution in [3.05, 3.63) is 30.8 Å². The average molecular weight is 202 g/mol. The van der Waals surface area contributed by atoms with Gasteiger partial charge in [0.15, 0.2) is 12.5 Å². The summed E-state index contributed by atoms with van der Waals surface area (Å²) in [6.45, 7) is 0. The number of anilines is 1. The first kappa shape index (κ1) is 8.13. The first-order valence-corrected chi connectivity index (χ1v) is 4.43. The molecule has 0 bridgehead atoms. The van der Waals surface area contributed by atoms with Gasteiger partial charge in [0.25, 0.3) is 0 Å². The SMILES string of the molecule is C1=C[N+]2(Nc3ccco3)N=CN=C2C=N1. The monoisotopic (exact) mass is 202 g/mol. The van der Waals surface area contributed by atoms with Crippen LogP contribution in [0.1, 0.15) is 0 Å². The zero-order chi connectivity index (χ0) is 10.1. The fourth-order valence-corrected chi connectivity index (χ4v) is 1.43. The van der Waals surface area contributed by atoms with E-state index in [-0.39, 0.29) is 4.70 Å². The Balaban J connectivity index is 1.97. The van der Waals surface area contributed by atoms with E-state index in [4.69, 9.17) is 4.42 Å². The maximum Gasteiger partial charge on any atom is 0.305 e. The van der Waals surface area contributed by atoms with E-state index in [1.807, 2.05) is 6.07 Å². The van der Waals surface area contributed by atoms with Crippen molar-refractivity contribution in [3.8, 4) is 0 Å². The second-order valence-electron chi connectivity index (χ2n) is 3.07. The minimum absolute atomic E-state index is 0.0665. The molecule has 2 aliphatic rings. The standard InChI is InChI=1S/C9H8N5O/c1-2-9(15-5-1)13-14-4-3-10-6-8(14)11-7-12-14/h1-7,13H/q+1. The molecule has 2 aliphatic heterocycles. The molecule has 3 heterocycles. The van der Waals surface area contributed by atoms with Crippen LogP contribution in [0.2, 0.25) is 0 Å². The van der Waals surface area contributed by atoms with E-state index < -0.39 is 0 Å². The maximum absolute atomic E-state index is 5.21. The molecule has 0 aromatic carbocycles. The van der Waals surface area contributed by atoms with Crippen molar-refractivity contribution in [2.45, 2.75) is 0 Å². The highest BCUT2D eigenvalue weighted by atomic mass is 16.3. The lowest BCUT2D eigenvalue weighted by atomic mass is 10.5. The number of hydrogen-bond acceptors (Lipinski definition) is 5. The number of fused-ring (bicyclic) bond motifs is 1. The zero-order valence-corrected chi connectivity index (χ0v) is 7.74. The largest absolute Gasteiger partial charge is 0.445 e. The van der Waals surface area contributed by atoms with Crippen molar-refractivity contribution < 1.29 is 9.12 Å². The molecule has 1 atom stereocenters. The third kappa shape index (κ3) is 1.19. The summed E-state index contributed by atoms with van der Waals surface area (Å²) >= 11 is 0. The highest BCUT2D eigenvalue weighted by Crippen LogP contribution is 2.21. The van der Waals surface area contributed by atoms with Crippen LogP contribution in [0.15, 0.2) is 50.3 Å². The number of rotatable bonds is 2. The summed E-state index contributed by atoms with van der Waals surface area (Å²) in [6.07, 6.45) is 8.19. The molecular weight excluding hydrogens is 194 g/mol. The predicted molar refractivity (Wildman–Crippen MR) is 56.2 cm³/mol. The van der Waals surface area contributed by atoms with Crippen LogP contribution in [-0.2, 0) is 0 Å². The molecule has 0 aliphatic carbocycles. The minimum atomic E-state index is 0.0665. The highest BCUT2D eigenvalue weighted by molar-refractivity contribution is 6.29. The van der Waals surface area contributed by atoms with Gasteiger partial charge >= 0.3 is 5.84 Å². The molecule has 1 aromatic heterocycles. The maximum atomic E-state index is 5.21. The lowest BCUT2D eigenvalue weighted by molar-refractivity contribution is -0.766. The van der Waals surface area contributed by atoms with E-state index in [1.54, 1.807) is 30.9 Å². The Morgan fingerprint density at radius 2 is 2.40 bits per heavy atom. The highest BCUT2D eigenvalue weighted by Gasteiger charge is 2.38. The third-order valence-corrected chi connectivity index (χ3v) is 2.13. The Labute approximate surface area is 85.5 Å². The van der Waals surface area contributed by atoms with Gasteiger partial charge in [0, 0.05) is 6.07 Å².